The number of nitrogens with one attached hydrogen (secondary N) is 2. The number of aromatic hydroxyl groups is 1. The van der Waals surface area contributed by atoms with E-state index in [4.69, 9.17) is 4.42 Å². The van der Waals surface area contributed by atoms with Crippen molar-refractivity contribution in [3.63, 3.8) is 0 Å². The maximum Gasteiger partial charge on any atom is 0.257 e. The molecule has 3 N–H and O–H groups in total. The molecule has 3 rings (SSSR count). The van der Waals surface area contributed by atoms with Gasteiger partial charge in [-0.2, -0.15) is 0 Å². The van der Waals surface area contributed by atoms with Gasteiger partial charge in [0.25, 0.3) is 16.8 Å². The molecule has 0 aliphatic carbocycles. The van der Waals surface area contributed by atoms with Gasteiger partial charge < -0.3 is 25.1 Å². The van der Waals surface area contributed by atoms with Gasteiger partial charge in [0, 0.05) is 14.1 Å². The van der Waals surface area contributed by atoms with E-state index in [-0.39, 0.29) is 40.3 Å². The Hall–Kier alpha value is -3.55. The minimum Gasteiger partial charge on any atom is -0.505 e. The van der Waals surface area contributed by atoms with Crippen LogP contribution in [0.25, 0.3) is 0 Å². The van der Waals surface area contributed by atoms with Crippen LogP contribution < -0.4 is 21.5 Å². The van der Waals surface area contributed by atoms with Gasteiger partial charge in [-0.05, 0) is 37.1 Å². The Balaban J connectivity index is 1.86. The van der Waals surface area contributed by atoms with Crippen LogP contribution in [0.1, 0.15) is 41.6 Å². The number of nitrogens with zero attached hydrogens (tertiary/aromatic N) is 1. The summed E-state index contributed by atoms with van der Waals surface area (Å²) in [6.07, 6.45) is 2.48. The van der Waals surface area contributed by atoms with Crippen LogP contribution in [0.3, 0.4) is 0 Å². The normalized spacial score (nSPS) is 12.0. The smallest absolute Gasteiger partial charge is 0.257 e. The van der Waals surface area contributed by atoms with Crippen LogP contribution in [-0.4, -0.2) is 30.0 Å². The van der Waals surface area contributed by atoms with Crippen LogP contribution in [0.5, 0.6) is 5.75 Å². The van der Waals surface area contributed by atoms with Crippen molar-refractivity contribution in [2.24, 2.45) is 0 Å². The molecule has 0 aliphatic rings. The van der Waals surface area contributed by atoms with Gasteiger partial charge in [0.2, 0.25) is 0 Å². The van der Waals surface area contributed by atoms with Crippen molar-refractivity contribution < 1.29 is 14.3 Å². The first-order valence-corrected chi connectivity index (χ1v) is 9.22. The average molecular weight is 397 g/mol. The highest BCUT2D eigenvalue weighted by Gasteiger charge is 2.25. The SMILES string of the molecule is CCc1coc([C@@H](C)Nc2c(Nc3cccc(C(=O)N(C)C)c3O)c(=O)c2=O)c1. The van der Waals surface area contributed by atoms with Crippen LogP contribution in [0.2, 0.25) is 0 Å². The van der Waals surface area contributed by atoms with E-state index in [0.717, 1.165) is 12.0 Å². The first kappa shape index (κ1) is 20.2. The molecular weight excluding hydrogens is 374 g/mol. The second kappa shape index (κ2) is 7.83. The molecule has 0 radical (unpaired) electrons. The van der Waals surface area contributed by atoms with Crippen LogP contribution in [0.4, 0.5) is 17.1 Å². The molecule has 3 aromatic rings. The molecule has 0 aliphatic heterocycles. The fraction of sp³-hybridized carbons (Fsp3) is 0.286. The summed E-state index contributed by atoms with van der Waals surface area (Å²) in [6.45, 7) is 3.82. The lowest BCUT2D eigenvalue weighted by atomic mass is 10.1. The number of para-hydroxylation sites is 1. The summed E-state index contributed by atoms with van der Waals surface area (Å²) in [5.41, 5.74) is 0.0774. The molecule has 8 nitrogen and oxygen atoms in total. The Morgan fingerprint density at radius 1 is 1.21 bits per heavy atom. The highest BCUT2D eigenvalue weighted by atomic mass is 16.3. The molecule has 1 heterocycles. The predicted molar refractivity (Wildman–Crippen MR) is 111 cm³/mol. The lowest BCUT2D eigenvalue weighted by Crippen LogP contribution is -2.37. The van der Waals surface area contributed by atoms with E-state index in [2.05, 4.69) is 10.6 Å². The van der Waals surface area contributed by atoms with Gasteiger partial charge in [0.1, 0.15) is 17.1 Å². The minimum absolute atomic E-state index is 0.0360. The predicted octanol–water partition coefficient (Wildman–Crippen LogP) is 2.76. The molecule has 0 fully saturated rings. The van der Waals surface area contributed by atoms with Gasteiger partial charge in [-0.15, -0.1) is 0 Å². The third-order valence-corrected chi connectivity index (χ3v) is 4.71. The monoisotopic (exact) mass is 397 g/mol. The third-order valence-electron chi connectivity index (χ3n) is 4.71. The molecular formula is C21H23N3O5. The number of aryl methyl sites for hydroxylation is 1. The topological polar surface area (TPSA) is 112 Å². The Morgan fingerprint density at radius 3 is 2.52 bits per heavy atom. The van der Waals surface area contributed by atoms with Gasteiger partial charge >= 0.3 is 0 Å². The Kier molecular flexibility index (Phi) is 5.45. The molecule has 2 aromatic carbocycles. The number of anilines is 3. The number of furan rings is 1. The number of rotatable bonds is 7. The van der Waals surface area contributed by atoms with Crippen LogP contribution in [-0.2, 0) is 6.42 Å². The van der Waals surface area contributed by atoms with E-state index in [0.29, 0.717) is 5.76 Å². The first-order valence-electron chi connectivity index (χ1n) is 9.22. The summed E-state index contributed by atoms with van der Waals surface area (Å²) in [5.74, 6) is -0.0354. The molecule has 1 atom stereocenters. The Bertz CT molecular complexity index is 1120. The van der Waals surface area contributed by atoms with Gasteiger partial charge in [-0.25, -0.2) is 0 Å². The largest absolute Gasteiger partial charge is 0.505 e. The number of carbonyl (C=O) groups excluding carboxylic acids is 1. The molecule has 8 heteroatoms. The van der Waals surface area contributed by atoms with E-state index < -0.39 is 10.9 Å². The maximum absolute atomic E-state index is 12.2. The van der Waals surface area contributed by atoms with Crippen molar-refractivity contribution in [2.45, 2.75) is 26.3 Å². The van der Waals surface area contributed by atoms with Crippen LogP contribution in [0.15, 0.2) is 44.5 Å². The lowest BCUT2D eigenvalue weighted by Gasteiger charge is -2.19. The molecule has 1 amide bonds. The maximum atomic E-state index is 12.2. The summed E-state index contributed by atoms with van der Waals surface area (Å²) >= 11 is 0. The third kappa shape index (κ3) is 3.73. The molecule has 0 bridgehead atoms. The second-order valence-electron chi connectivity index (χ2n) is 7.01. The minimum atomic E-state index is -0.697. The molecule has 1 aromatic heterocycles. The van der Waals surface area contributed by atoms with Gasteiger partial charge in [-0.1, -0.05) is 13.0 Å². The van der Waals surface area contributed by atoms with E-state index in [1.807, 2.05) is 19.9 Å². The number of phenols is 1. The molecule has 0 spiro atoms. The van der Waals surface area contributed by atoms with E-state index in [1.165, 1.54) is 17.0 Å². The number of benzene rings is 1. The first-order chi connectivity index (χ1) is 13.7. The molecule has 0 unspecified atom stereocenters. The summed E-state index contributed by atoms with van der Waals surface area (Å²) < 4.78 is 5.50. The summed E-state index contributed by atoms with van der Waals surface area (Å²) in [5, 5.41) is 16.2. The average Bonchev–Trinajstić information content (AvgIpc) is 3.20. The molecule has 29 heavy (non-hydrogen) atoms. The van der Waals surface area contributed by atoms with Crippen molar-refractivity contribution in [1.29, 1.82) is 0 Å². The summed E-state index contributed by atoms with van der Waals surface area (Å²) in [4.78, 5) is 37.7. The number of phenolic OH excluding ortho intramolecular Hbond substituents is 1. The summed E-state index contributed by atoms with van der Waals surface area (Å²) in [6, 6.07) is 6.13. The van der Waals surface area contributed by atoms with Crippen molar-refractivity contribution >= 4 is 23.0 Å². The zero-order chi connectivity index (χ0) is 21.3. The number of hydrogen-bond donors (Lipinski definition) is 3. The Labute approximate surface area is 167 Å². The summed E-state index contributed by atoms with van der Waals surface area (Å²) in [7, 11) is 3.14. The fourth-order valence-electron chi connectivity index (χ4n) is 2.94. The van der Waals surface area contributed by atoms with Crippen molar-refractivity contribution in [1.82, 2.24) is 4.90 Å². The zero-order valence-electron chi connectivity index (χ0n) is 16.7. The van der Waals surface area contributed by atoms with Gasteiger partial charge in [0.15, 0.2) is 5.75 Å². The van der Waals surface area contributed by atoms with E-state index >= 15 is 0 Å². The molecule has 0 saturated heterocycles. The number of amides is 1. The highest BCUT2D eigenvalue weighted by Crippen LogP contribution is 2.33. The fourth-order valence-corrected chi connectivity index (χ4v) is 2.94. The standard InChI is InChI=1S/C21H23N3O5/c1-5-12-9-15(29-10-12)11(2)22-16-17(20(27)19(16)26)23-14-8-6-7-13(18(14)25)21(28)24(3)4/h6-11,22-23,25H,5H2,1-4H3/t11-/m1/s1. The molecule has 152 valence electrons. The lowest BCUT2D eigenvalue weighted by molar-refractivity contribution is 0.0824. The van der Waals surface area contributed by atoms with Crippen molar-refractivity contribution in [3.05, 3.63) is 67.9 Å². The van der Waals surface area contributed by atoms with Crippen LogP contribution in [0, 0.1) is 0 Å². The zero-order valence-corrected chi connectivity index (χ0v) is 16.7. The Morgan fingerprint density at radius 2 is 1.90 bits per heavy atom. The van der Waals surface area contributed by atoms with Gasteiger partial charge in [-0.3, -0.25) is 14.4 Å². The number of carbonyl (C=O) groups is 1. The highest BCUT2D eigenvalue weighted by molar-refractivity contribution is 5.99. The van der Waals surface area contributed by atoms with Crippen molar-refractivity contribution in [3.8, 4) is 5.75 Å². The van der Waals surface area contributed by atoms with E-state index in [9.17, 15) is 19.5 Å². The molecule has 0 saturated carbocycles. The van der Waals surface area contributed by atoms with Gasteiger partial charge in [0.05, 0.1) is 23.6 Å². The quantitative estimate of drug-likeness (QED) is 0.415. The van der Waals surface area contributed by atoms with E-state index in [1.54, 1.807) is 26.4 Å². The second-order valence-corrected chi connectivity index (χ2v) is 7.01. The number of hydrogen-bond acceptors (Lipinski definition) is 7. The van der Waals surface area contributed by atoms with Crippen molar-refractivity contribution in [2.75, 3.05) is 24.7 Å². The van der Waals surface area contributed by atoms with Crippen LogP contribution >= 0.6 is 0 Å².